The summed E-state index contributed by atoms with van der Waals surface area (Å²) < 4.78 is 0.542. The molecule has 0 amide bonds. The minimum atomic E-state index is -0.395. The van der Waals surface area contributed by atoms with Gasteiger partial charge in [-0.25, -0.2) is 0 Å². The Morgan fingerprint density at radius 1 is 1.50 bits per heavy atom. The smallest absolute Gasteiger partial charge is 0.283 e. The molecule has 0 radical (unpaired) electrons. The number of rotatable bonds is 6. The van der Waals surface area contributed by atoms with Crippen LogP contribution in [0.15, 0.2) is 22.7 Å². The molecule has 0 spiro atoms. The summed E-state index contributed by atoms with van der Waals surface area (Å²) >= 11 is 3.24. The van der Waals surface area contributed by atoms with Gasteiger partial charge in [-0.05, 0) is 41.0 Å². The van der Waals surface area contributed by atoms with Gasteiger partial charge in [-0.1, -0.05) is 12.1 Å². The lowest BCUT2D eigenvalue weighted by molar-refractivity contribution is -0.385. The second kappa shape index (κ2) is 6.57. The predicted molar refractivity (Wildman–Crippen MR) is 66.2 cm³/mol. The Labute approximate surface area is 102 Å². The molecule has 3 N–H and O–H groups in total. The van der Waals surface area contributed by atoms with E-state index in [1.54, 1.807) is 6.07 Å². The fourth-order valence-electron chi connectivity index (χ4n) is 1.29. The Hall–Kier alpha value is -0.980. The van der Waals surface area contributed by atoms with Crippen LogP contribution in [0.3, 0.4) is 0 Å². The molecular weight excluding hydrogens is 274 g/mol. The largest absolute Gasteiger partial charge is 0.330 e. The van der Waals surface area contributed by atoms with E-state index in [-0.39, 0.29) is 5.69 Å². The van der Waals surface area contributed by atoms with E-state index >= 15 is 0 Å². The third kappa shape index (κ3) is 3.55. The van der Waals surface area contributed by atoms with Crippen molar-refractivity contribution in [1.82, 2.24) is 5.32 Å². The van der Waals surface area contributed by atoms with Crippen LogP contribution in [0.5, 0.6) is 0 Å². The van der Waals surface area contributed by atoms with E-state index in [4.69, 9.17) is 5.73 Å². The number of hydrogen-bond acceptors (Lipinski definition) is 4. The number of nitro benzene ring substituents is 1. The molecule has 0 saturated carbocycles. The minimum Gasteiger partial charge on any atom is -0.330 e. The highest BCUT2D eigenvalue weighted by atomic mass is 79.9. The molecule has 5 nitrogen and oxygen atoms in total. The molecule has 16 heavy (non-hydrogen) atoms. The van der Waals surface area contributed by atoms with Gasteiger partial charge in [-0.15, -0.1) is 0 Å². The molecule has 0 atom stereocenters. The quantitative estimate of drug-likeness (QED) is 0.475. The van der Waals surface area contributed by atoms with Crippen molar-refractivity contribution >= 4 is 21.6 Å². The molecule has 0 unspecified atom stereocenters. The number of nitrogens with two attached hydrogens (primary N) is 1. The summed E-state index contributed by atoms with van der Waals surface area (Å²) in [6.45, 7) is 2.05. The van der Waals surface area contributed by atoms with Crippen molar-refractivity contribution in [3.63, 3.8) is 0 Å². The summed E-state index contributed by atoms with van der Waals surface area (Å²) in [5, 5.41) is 13.9. The Kier molecular flexibility index (Phi) is 5.37. The minimum absolute atomic E-state index is 0.0955. The highest BCUT2D eigenvalue weighted by Gasteiger charge is 2.13. The number of nitro groups is 1. The van der Waals surface area contributed by atoms with Crippen molar-refractivity contribution in [2.45, 2.75) is 13.0 Å². The van der Waals surface area contributed by atoms with Gasteiger partial charge in [0, 0.05) is 12.6 Å². The first-order valence-corrected chi connectivity index (χ1v) is 5.78. The number of nitrogens with one attached hydrogen (secondary N) is 1. The maximum atomic E-state index is 10.7. The molecule has 1 aromatic carbocycles. The van der Waals surface area contributed by atoms with Crippen LogP contribution in [0.25, 0.3) is 0 Å². The average Bonchev–Trinajstić information content (AvgIpc) is 2.26. The van der Waals surface area contributed by atoms with Gasteiger partial charge in [0.25, 0.3) is 5.69 Å². The van der Waals surface area contributed by atoms with Gasteiger partial charge in [0.05, 0.1) is 9.40 Å². The molecule has 1 rings (SSSR count). The van der Waals surface area contributed by atoms with Crippen molar-refractivity contribution in [1.29, 1.82) is 0 Å². The zero-order valence-electron chi connectivity index (χ0n) is 8.78. The van der Waals surface area contributed by atoms with Gasteiger partial charge in [0.1, 0.15) is 0 Å². The second-order valence-electron chi connectivity index (χ2n) is 3.33. The van der Waals surface area contributed by atoms with E-state index in [1.807, 2.05) is 6.07 Å². The first-order valence-electron chi connectivity index (χ1n) is 4.99. The molecule has 0 aliphatic rings. The van der Waals surface area contributed by atoms with E-state index < -0.39 is 4.92 Å². The standard InChI is InChI=1S/C10H14BrN3O2/c11-10-8(7-13-6-2-5-12)3-1-4-9(10)14(15)16/h1,3-4,13H,2,5-7,12H2. The lowest BCUT2D eigenvalue weighted by Crippen LogP contribution is -2.18. The van der Waals surface area contributed by atoms with Crippen LogP contribution in [-0.4, -0.2) is 18.0 Å². The zero-order chi connectivity index (χ0) is 12.0. The van der Waals surface area contributed by atoms with E-state index in [0.29, 0.717) is 17.6 Å². The summed E-state index contributed by atoms with van der Waals surface area (Å²) in [6.07, 6.45) is 0.895. The summed E-state index contributed by atoms with van der Waals surface area (Å²) in [7, 11) is 0. The highest BCUT2D eigenvalue weighted by molar-refractivity contribution is 9.10. The van der Waals surface area contributed by atoms with Crippen molar-refractivity contribution < 1.29 is 4.92 Å². The third-order valence-electron chi connectivity index (χ3n) is 2.13. The Balaban J connectivity index is 2.66. The zero-order valence-corrected chi connectivity index (χ0v) is 10.4. The molecule has 0 bridgehead atoms. The highest BCUT2D eigenvalue weighted by Crippen LogP contribution is 2.27. The number of nitrogens with zero attached hydrogens (tertiary/aromatic N) is 1. The van der Waals surface area contributed by atoms with Crippen LogP contribution in [-0.2, 0) is 6.54 Å². The molecule has 0 aromatic heterocycles. The fourth-order valence-corrected chi connectivity index (χ4v) is 1.84. The SMILES string of the molecule is NCCCNCc1cccc([N+](=O)[O-])c1Br. The summed E-state index contributed by atoms with van der Waals surface area (Å²) in [5.74, 6) is 0. The molecular formula is C10H14BrN3O2. The summed E-state index contributed by atoms with van der Waals surface area (Å²) in [5.41, 5.74) is 6.34. The van der Waals surface area contributed by atoms with Crippen molar-refractivity contribution in [2.24, 2.45) is 5.73 Å². The van der Waals surface area contributed by atoms with Crippen LogP contribution < -0.4 is 11.1 Å². The van der Waals surface area contributed by atoms with E-state index in [1.165, 1.54) is 6.07 Å². The van der Waals surface area contributed by atoms with Crippen LogP contribution in [0.4, 0.5) is 5.69 Å². The second-order valence-corrected chi connectivity index (χ2v) is 4.12. The predicted octanol–water partition coefficient (Wildman–Crippen LogP) is 1.80. The van der Waals surface area contributed by atoms with Crippen LogP contribution in [0, 0.1) is 10.1 Å². The fraction of sp³-hybridized carbons (Fsp3) is 0.400. The van der Waals surface area contributed by atoms with E-state index in [2.05, 4.69) is 21.2 Å². The average molecular weight is 288 g/mol. The lowest BCUT2D eigenvalue weighted by Gasteiger charge is -2.06. The van der Waals surface area contributed by atoms with Gasteiger partial charge in [0.15, 0.2) is 0 Å². The van der Waals surface area contributed by atoms with Crippen LogP contribution in [0.2, 0.25) is 0 Å². The molecule has 0 aliphatic heterocycles. The molecule has 1 aromatic rings. The summed E-state index contributed by atoms with van der Waals surface area (Å²) in [4.78, 5) is 10.3. The molecule has 0 fully saturated rings. The van der Waals surface area contributed by atoms with Gasteiger partial charge in [-0.2, -0.15) is 0 Å². The normalized spacial score (nSPS) is 10.4. The number of hydrogen-bond donors (Lipinski definition) is 2. The molecule has 0 heterocycles. The van der Waals surface area contributed by atoms with Gasteiger partial charge in [-0.3, -0.25) is 10.1 Å². The first kappa shape index (κ1) is 13.1. The first-order chi connectivity index (χ1) is 7.66. The van der Waals surface area contributed by atoms with E-state index in [0.717, 1.165) is 18.5 Å². The molecule has 6 heteroatoms. The monoisotopic (exact) mass is 287 g/mol. The van der Waals surface area contributed by atoms with Gasteiger partial charge in [0.2, 0.25) is 0 Å². The number of halogens is 1. The van der Waals surface area contributed by atoms with Crippen molar-refractivity contribution in [3.8, 4) is 0 Å². The third-order valence-corrected chi connectivity index (χ3v) is 3.04. The van der Waals surface area contributed by atoms with Gasteiger partial charge >= 0.3 is 0 Å². The van der Waals surface area contributed by atoms with Crippen LogP contribution in [0.1, 0.15) is 12.0 Å². The van der Waals surface area contributed by atoms with Crippen molar-refractivity contribution in [3.05, 3.63) is 38.3 Å². The van der Waals surface area contributed by atoms with Gasteiger partial charge < -0.3 is 11.1 Å². The lowest BCUT2D eigenvalue weighted by atomic mass is 10.2. The maximum Gasteiger partial charge on any atom is 0.283 e. The van der Waals surface area contributed by atoms with E-state index in [9.17, 15) is 10.1 Å². The van der Waals surface area contributed by atoms with Crippen molar-refractivity contribution in [2.75, 3.05) is 13.1 Å². The Morgan fingerprint density at radius 3 is 2.88 bits per heavy atom. The molecule has 0 saturated heterocycles. The summed E-state index contributed by atoms with van der Waals surface area (Å²) in [6, 6.07) is 5.02. The Bertz CT molecular complexity index is 371. The van der Waals surface area contributed by atoms with Crippen LogP contribution >= 0.6 is 15.9 Å². The maximum absolute atomic E-state index is 10.7. The number of benzene rings is 1. The molecule has 88 valence electrons. The molecule has 0 aliphatic carbocycles. The topological polar surface area (TPSA) is 81.2 Å². The Morgan fingerprint density at radius 2 is 2.25 bits per heavy atom.